The number of anilines is 1. The van der Waals surface area contributed by atoms with Gasteiger partial charge in [0.1, 0.15) is 0 Å². The summed E-state index contributed by atoms with van der Waals surface area (Å²) in [7, 11) is -3.80. The largest absolute Gasteiger partial charge is 0.279 e. The van der Waals surface area contributed by atoms with E-state index in [1.807, 2.05) is 55.5 Å². The third kappa shape index (κ3) is 4.78. The molecule has 1 N–H and O–H groups in total. The first-order valence-corrected chi connectivity index (χ1v) is 13.1. The first-order valence-electron chi connectivity index (χ1n) is 11.6. The fraction of sp³-hybridized carbons (Fsp3) is 0.103. The van der Waals surface area contributed by atoms with Crippen LogP contribution in [0.4, 0.5) is 5.69 Å². The smallest absolute Gasteiger partial charge is 0.274 e. The summed E-state index contributed by atoms with van der Waals surface area (Å²) in [6.07, 6.45) is 0.451. The van der Waals surface area contributed by atoms with E-state index >= 15 is 0 Å². The second kappa shape index (κ2) is 9.79. The summed E-state index contributed by atoms with van der Waals surface area (Å²) in [4.78, 5) is 13.7. The number of carbonyl (C=O) groups is 1. The topological polar surface area (TPSA) is 78.8 Å². The van der Waals surface area contributed by atoms with Crippen LogP contribution in [0, 0.1) is 6.92 Å². The van der Waals surface area contributed by atoms with Gasteiger partial charge in [0.2, 0.25) is 0 Å². The van der Waals surface area contributed by atoms with Crippen molar-refractivity contribution in [2.75, 3.05) is 4.72 Å². The third-order valence-electron chi connectivity index (χ3n) is 6.10. The van der Waals surface area contributed by atoms with Gasteiger partial charge < -0.3 is 0 Å². The molecular weight excluding hydrogens is 470 g/mol. The number of para-hydroxylation sites is 1. The van der Waals surface area contributed by atoms with Crippen molar-refractivity contribution in [3.63, 3.8) is 0 Å². The lowest BCUT2D eigenvalue weighted by molar-refractivity contribution is 0.0711. The van der Waals surface area contributed by atoms with Gasteiger partial charge in [-0.2, -0.15) is 5.10 Å². The van der Waals surface area contributed by atoms with Crippen LogP contribution < -0.4 is 4.72 Å². The monoisotopic (exact) mass is 495 g/mol. The van der Waals surface area contributed by atoms with Gasteiger partial charge in [0.15, 0.2) is 0 Å². The zero-order chi connectivity index (χ0) is 25.1. The van der Waals surface area contributed by atoms with Gasteiger partial charge >= 0.3 is 0 Å². The van der Waals surface area contributed by atoms with E-state index in [0.29, 0.717) is 28.9 Å². The first kappa shape index (κ1) is 23.5. The lowest BCUT2D eigenvalue weighted by Gasteiger charge is -2.22. The molecule has 0 fully saturated rings. The van der Waals surface area contributed by atoms with Crippen LogP contribution in [0.1, 0.15) is 39.5 Å². The van der Waals surface area contributed by atoms with Crippen molar-refractivity contribution in [2.45, 2.75) is 24.3 Å². The van der Waals surface area contributed by atoms with Crippen LogP contribution in [0.25, 0.3) is 0 Å². The molecule has 0 unspecified atom stereocenters. The Morgan fingerprint density at radius 1 is 0.861 bits per heavy atom. The number of hydrazone groups is 1. The molecule has 180 valence electrons. The molecule has 4 aromatic carbocycles. The van der Waals surface area contributed by atoms with Crippen LogP contribution in [-0.4, -0.2) is 25.0 Å². The van der Waals surface area contributed by atoms with Crippen LogP contribution in [0.5, 0.6) is 0 Å². The number of amides is 1. The molecule has 0 aliphatic carbocycles. The van der Waals surface area contributed by atoms with Gasteiger partial charge in [-0.05, 0) is 42.8 Å². The molecule has 0 aromatic heterocycles. The van der Waals surface area contributed by atoms with Crippen molar-refractivity contribution in [3.8, 4) is 0 Å². The van der Waals surface area contributed by atoms with Crippen molar-refractivity contribution >= 4 is 27.3 Å². The highest BCUT2D eigenvalue weighted by molar-refractivity contribution is 7.92. The molecule has 1 amide bonds. The molecule has 7 heteroatoms. The minimum Gasteiger partial charge on any atom is -0.279 e. The zero-order valence-corrected chi connectivity index (χ0v) is 20.5. The highest BCUT2D eigenvalue weighted by Gasteiger charge is 2.34. The second-order valence-corrected chi connectivity index (χ2v) is 10.3. The number of hydrogen-bond donors (Lipinski definition) is 1. The van der Waals surface area contributed by atoms with E-state index in [2.05, 4.69) is 10.8 Å². The van der Waals surface area contributed by atoms with Gasteiger partial charge in [-0.1, -0.05) is 84.4 Å². The summed E-state index contributed by atoms with van der Waals surface area (Å²) in [6.45, 7) is 2.01. The number of benzene rings is 4. The van der Waals surface area contributed by atoms with Crippen molar-refractivity contribution in [1.82, 2.24) is 5.01 Å². The maximum atomic E-state index is 13.5. The summed E-state index contributed by atoms with van der Waals surface area (Å²) in [5.41, 5.74) is 4.29. The standard InChI is InChI=1S/C29H25N3O3S/c1-21-11-10-14-23(19-21)28-20-27(30-32(28)29(33)22-12-4-2-5-13-22)25-17-8-9-18-26(25)31-36(34,35)24-15-6-3-7-16-24/h2-19,28,31H,20H2,1H3/t28-/m1/s1. The van der Waals surface area contributed by atoms with Crippen molar-refractivity contribution < 1.29 is 13.2 Å². The van der Waals surface area contributed by atoms with Crippen LogP contribution in [0.15, 0.2) is 119 Å². The third-order valence-corrected chi connectivity index (χ3v) is 7.48. The number of sulfonamides is 1. The van der Waals surface area contributed by atoms with Gasteiger partial charge in [-0.25, -0.2) is 13.4 Å². The summed E-state index contributed by atoms with van der Waals surface area (Å²) in [5.74, 6) is -0.209. The van der Waals surface area contributed by atoms with E-state index in [1.165, 1.54) is 5.01 Å². The molecule has 0 radical (unpaired) electrons. The lowest BCUT2D eigenvalue weighted by Crippen LogP contribution is -2.27. The normalized spacial score (nSPS) is 15.4. The van der Waals surface area contributed by atoms with Gasteiger partial charge in [-0.3, -0.25) is 9.52 Å². The van der Waals surface area contributed by atoms with Gasteiger partial charge in [0, 0.05) is 17.5 Å². The maximum absolute atomic E-state index is 13.5. The highest BCUT2D eigenvalue weighted by Crippen LogP contribution is 2.36. The van der Waals surface area contributed by atoms with Crippen molar-refractivity contribution in [1.29, 1.82) is 0 Å². The zero-order valence-electron chi connectivity index (χ0n) is 19.7. The Bertz CT molecular complexity index is 1530. The number of aryl methyl sites for hydroxylation is 1. The number of nitrogens with one attached hydrogen (secondary N) is 1. The molecule has 6 nitrogen and oxygen atoms in total. The molecule has 1 aliphatic rings. The minimum atomic E-state index is -3.80. The predicted molar refractivity (Wildman–Crippen MR) is 141 cm³/mol. The van der Waals surface area contributed by atoms with Gasteiger partial charge in [0.05, 0.1) is 22.3 Å². The van der Waals surface area contributed by atoms with E-state index in [1.54, 1.807) is 54.6 Å². The van der Waals surface area contributed by atoms with Crippen LogP contribution in [0.2, 0.25) is 0 Å². The average Bonchev–Trinajstić information content (AvgIpc) is 3.35. The van der Waals surface area contributed by atoms with Crippen molar-refractivity contribution in [2.24, 2.45) is 5.10 Å². The summed E-state index contributed by atoms with van der Waals surface area (Å²) < 4.78 is 28.8. The molecule has 0 saturated heterocycles. The lowest BCUT2D eigenvalue weighted by atomic mass is 9.96. The molecular formula is C29H25N3O3S. The fourth-order valence-electron chi connectivity index (χ4n) is 4.34. The fourth-order valence-corrected chi connectivity index (χ4v) is 5.44. The quantitative estimate of drug-likeness (QED) is 0.368. The van der Waals surface area contributed by atoms with E-state index in [4.69, 9.17) is 5.10 Å². The SMILES string of the molecule is Cc1cccc([C@H]2CC(c3ccccc3NS(=O)(=O)c3ccccc3)=NN2C(=O)c2ccccc2)c1. The highest BCUT2D eigenvalue weighted by atomic mass is 32.2. The average molecular weight is 496 g/mol. The van der Waals surface area contributed by atoms with Gasteiger partial charge in [-0.15, -0.1) is 0 Å². The van der Waals surface area contributed by atoms with E-state index in [9.17, 15) is 13.2 Å². The van der Waals surface area contributed by atoms with E-state index in [-0.39, 0.29) is 16.8 Å². The second-order valence-electron chi connectivity index (χ2n) is 8.66. The Morgan fingerprint density at radius 3 is 2.25 bits per heavy atom. The number of carbonyl (C=O) groups excluding carboxylic acids is 1. The van der Waals surface area contributed by atoms with Crippen LogP contribution in [-0.2, 0) is 10.0 Å². The molecule has 36 heavy (non-hydrogen) atoms. The Morgan fingerprint density at radius 2 is 1.53 bits per heavy atom. The Kier molecular flexibility index (Phi) is 6.40. The summed E-state index contributed by atoms with van der Waals surface area (Å²) in [6, 6.07) is 32.1. The summed E-state index contributed by atoms with van der Waals surface area (Å²) >= 11 is 0. The number of rotatable bonds is 6. The molecule has 1 heterocycles. The minimum absolute atomic E-state index is 0.173. The number of hydrogen-bond acceptors (Lipinski definition) is 4. The van der Waals surface area contributed by atoms with E-state index in [0.717, 1.165) is 11.1 Å². The Balaban J connectivity index is 1.54. The van der Waals surface area contributed by atoms with Crippen LogP contribution in [0.3, 0.4) is 0 Å². The number of nitrogens with zero attached hydrogens (tertiary/aromatic N) is 2. The Hall–Kier alpha value is -4.23. The van der Waals surface area contributed by atoms with Crippen molar-refractivity contribution in [3.05, 3.63) is 131 Å². The molecule has 5 rings (SSSR count). The molecule has 1 aliphatic heterocycles. The first-order chi connectivity index (χ1) is 17.4. The van der Waals surface area contributed by atoms with Gasteiger partial charge in [0.25, 0.3) is 15.9 Å². The molecule has 0 saturated carbocycles. The molecule has 4 aromatic rings. The molecule has 0 bridgehead atoms. The Labute approximate surface area is 211 Å². The summed E-state index contributed by atoms with van der Waals surface area (Å²) in [5, 5.41) is 6.27. The van der Waals surface area contributed by atoms with E-state index < -0.39 is 10.0 Å². The maximum Gasteiger partial charge on any atom is 0.274 e. The molecule has 0 spiro atoms. The predicted octanol–water partition coefficient (Wildman–Crippen LogP) is 5.79. The molecule has 1 atom stereocenters. The van der Waals surface area contributed by atoms with Crippen LogP contribution >= 0.6 is 0 Å².